The average Bonchev–Trinajstić information content (AvgIpc) is 2.87. The van der Waals surface area contributed by atoms with Gasteiger partial charge in [-0.2, -0.15) is 0 Å². The van der Waals surface area contributed by atoms with E-state index in [-0.39, 0.29) is 18.7 Å². The summed E-state index contributed by atoms with van der Waals surface area (Å²) in [5, 5.41) is 13.8. The zero-order valence-electron chi connectivity index (χ0n) is 11.8. The molecule has 2 N–H and O–H groups in total. The van der Waals surface area contributed by atoms with Crippen molar-refractivity contribution in [1.82, 2.24) is 14.7 Å². The van der Waals surface area contributed by atoms with Gasteiger partial charge in [-0.1, -0.05) is 0 Å². The second-order valence-corrected chi connectivity index (χ2v) is 6.53. The topological polar surface area (TPSA) is 83.7 Å². The van der Waals surface area contributed by atoms with Crippen molar-refractivity contribution in [2.75, 3.05) is 0 Å². The molecule has 3 rings (SSSR count). The lowest BCUT2D eigenvalue weighted by atomic mass is 9.74. The predicted octanol–water partition coefficient (Wildman–Crippen LogP) is 1.76. The number of carbonyl (C=O) groups is 2. The Balaban J connectivity index is 1.70. The van der Waals surface area contributed by atoms with Crippen LogP contribution in [0.5, 0.6) is 0 Å². The van der Waals surface area contributed by atoms with E-state index in [1.165, 1.54) is 11.3 Å². The monoisotopic (exact) mass is 307 g/mol. The Labute approximate surface area is 125 Å². The highest BCUT2D eigenvalue weighted by Crippen LogP contribution is 2.35. The summed E-state index contributed by atoms with van der Waals surface area (Å²) < 4.78 is 1.92. The Morgan fingerprint density at radius 1 is 1.52 bits per heavy atom. The molecule has 0 unspecified atom stereocenters. The third kappa shape index (κ3) is 2.78. The summed E-state index contributed by atoms with van der Waals surface area (Å²) in [6, 6.07) is 0. The number of nitrogens with zero attached hydrogens (tertiary/aromatic N) is 2. The highest BCUT2D eigenvalue weighted by atomic mass is 32.1. The Morgan fingerprint density at radius 2 is 2.29 bits per heavy atom. The van der Waals surface area contributed by atoms with Crippen LogP contribution in [-0.4, -0.2) is 31.9 Å². The standard InChI is InChI=1S/C14H17N3O3S/c1-9-7-17-10(8-21-13(17)15-9)5-11(18)16-14(3-2-4-14)6-12(19)20/h7-8H,2-6H2,1H3,(H,16,18)(H,19,20). The SMILES string of the molecule is Cc1cn2c(CC(=O)NC3(CC(=O)O)CCC3)csc2n1. The Bertz CT molecular complexity index is 699. The molecule has 112 valence electrons. The van der Waals surface area contributed by atoms with Crippen LogP contribution in [0.4, 0.5) is 0 Å². The van der Waals surface area contributed by atoms with Gasteiger partial charge in [-0.05, 0) is 26.2 Å². The van der Waals surface area contributed by atoms with Gasteiger partial charge in [-0.25, -0.2) is 4.98 Å². The largest absolute Gasteiger partial charge is 0.481 e. The number of aryl methyl sites for hydroxylation is 1. The molecule has 0 saturated heterocycles. The van der Waals surface area contributed by atoms with Crippen LogP contribution in [0.1, 0.15) is 37.1 Å². The molecule has 1 aliphatic carbocycles. The molecule has 1 aliphatic rings. The van der Waals surface area contributed by atoms with Crippen LogP contribution in [0.2, 0.25) is 0 Å². The fraction of sp³-hybridized carbons (Fsp3) is 0.500. The highest BCUT2D eigenvalue weighted by Gasteiger charge is 2.40. The van der Waals surface area contributed by atoms with Crippen molar-refractivity contribution in [3.63, 3.8) is 0 Å². The number of fused-ring (bicyclic) bond motifs is 1. The Morgan fingerprint density at radius 3 is 2.90 bits per heavy atom. The lowest BCUT2D eigenvalue weighted by Gasteiger charge is -2.41. The molecule has 7 heteroatoms. The zero-order chi connectivity index (χ0) is 15.0. The molecular formula is C14H17N3O3S. The van der Waals surface area contributed by atoms with Gasteiger partial charge >= 0.3 is 5.97 Å². The molecule has 2 aromatic heterocycles. The van der Waals surface area contributed by atoms with E-state index in [1.54, 1.807) is 0 Å². The first-order valence-electron chi connectivity index (χ1n) is 6.92. The normalized spacial score (nSPS) is 16.6. The molecule has 0 radical (unpaired) electrons. The number of thiazole rings is 1. The second-order valence-electron chi connectivity index (χ2n) is 5.69. The molecule has 1 saturated carbocycles. The van der Waals surface area contributed by atoms with Gasteiger partial charge in [0, 0.05) is 17.3 Å². The number of carbonyl (C=O) groups excluding carboxylic acids is 1. The van der Waals surface area contributed by atoms with Crippen LogP contribution < -0.4 is 5.32 Å². The van der Waals surface area contributed by atoms with Gasteiger partial charge in [0.2, 0.25) is 5.91 Å². The number of aliphatic carboxylic acids is 1. The maximum Gasteiger partial charge on any atom is 0.305 e. The third-order valence-electron chi connectivity index (χ3n) is 3.95. The minimum atomic E-state index is -0.863. The smallest absolute Gasteiger partial charge is 0.305 e. The van der Waals surface area contributed by atoms with E-state index >= 15 is 0 Å². The first-order valence-corrected chi connectivity index (χ1v) is 7.80. The van der Waals surface area contributed by atoms with Crippen LogP contribution in [0.3, 0.4) is 0 Å². The minimum absolute atomic E-state index is 0.00196. The summed E-state index contributed by atoms with van der Waals surface area (Å²) in [6.45, 7) is 1.92. The van der Waals surface area contributed by atoms with Gasteiger partial charge in [-0.15, -0.1) is 11.3 Å². The quantitative estimate of drug-likeness (QED) is 0.881. The van der Waals surface area contributed by atoms with Gasteiger partial charge < -0.3 is 10.4 Å². The summed E-state index contributed by atoms with van der Waals surface area (Å²) in [4.78, 5) is 28.4. The van der Waals surface area contributed by atoms with Crippen molar-refractivity contribution in [2.24, 2.45) is 0 Å². The molecule has 6 nitrogen and oxygen atoms in total. The molecule has 0 spiro atoms. The van der Waals surface area contributed by atoms with Gasteiger partial charge in [-0.3, -0.25) is 14.0 Å². The number of rotatable bonds is 5. The lowest BCUT2D eigenvalue weighted by molar-refractivity contribution is -0.140. The number of carboxylic acid groups (broad SMARTS) is 1. The first kappa shape index (κ1) is 14.1. The van der Waals surface area contributed by atoms with Gasteiger partial charge in [0.25, 0.3) is 0 Å². The molecule has 21 heavy (non-hydrogen) atoms. The van der Waals surface area contributed by atoms with Crippen LogP contribution in [-0.2, 0) is 16.0 Å². The zero-order valence-corrected chi connectivity index (χ0v) is 12.6. The van der Waals surface area contributed by atoms with Crippen molar-refractivity contribution < 1.29 is 14.7 Å². The van der Waals surface area contributed by atoms with Gasteiger partial charge in [0.1, 0.15) is 0 Å². The van der Waals surface area contributed by atoms with E-state index in [0.29, 0.717) is 0 Å². The maximum atomic E-state index is 12.2. The third-order valence-corrected chi connectivity index (χ3v) is 4.84. The molecule has 0 bridgehead atoms. The van der Waals surface area contributed by atoms with E-state index < -0.39 is 11.5 Å². The van der Waals surface area contributed by atoms with Crippen molar-refractivity contribution in [3.05, 3.63) is 23.0 Å². The van der Waals surface area contributed by atoms with Crippen LogP contribution in [0.15, 0.2) is 11.6 Å². The number of carboxylic acids is 1. The predicted molar refractivity (Wildman–Crippen MR) is 78.5 cm³/mol. The molecule has 0 aliphatic heterocycles. The summed E-state index contributed by atoms with van der Waals surface area (Å²) in [5.74, 6) is -0.986. The number of hydrogen-bond acceptors (Lipinski definition) is 4. The molecule has 2 heterocycles. The molecule has 1 fully saturated rings. The molecular weight excluding hydrogens is 290 g/mol. The van der Waals surface area contributed by atoms with E-state index in [9.17, 15) is 9.59 Å². The fourth-order valence-electron chi connectivity index (χ4n) is 2.81. The first-order chi connectivity index (χ1) is 9.97. The molecule has 2 aromatic rings. The summed E-state index contributed by atoms with van der Waals surface area (Å²) >= 11 is 1.50. The summed E-state index contributed by atoms with van der Waals surface area (Å²) in [5.41, 5.74) is 1.27. The molecule has 0 atom stereocenters. The van der Waals surface area contributed by atoms with E-state index in [1.807, 2.05) is 22.9 Å². The van der Waals surface area contributed by atoms with Gasteiger partial charge in [0.15, 0.2) is 4.96 Å². The average molecular weight is 307 g/mol. The number of imidazole rings is 1. The molecule has 0 aromatic carbocycles. The van der Waals surface area contributed by atoms with Crippen LogP contribution in [0, 0.1) is 6.92 Å². The van der Waals surface area contributed by atoms with E-state index in [0.717, 1.165) is 35.6 Å². The lowest BCUT2D eigenvalue weighted by Crippen LogP contribution is -2.55. The van der Waals surface area contributed by atoms with Crippen LogP contribution >= 0.6 is 11.3 Å². The van der Waals surface area contributed by atoms with E-state index in [4.69, 9.17) is 5.11 Å². The number of nitrogens with one attached hydrogen (secondary N) is 1. The molecule has 1 amide bonds. The summed E-state index contributed by atoms with van der Waals surface area (Å²) in [6.07, 6.45) is 4.61. The number of aromatic nitrogens is 2. The maximum absolute atomic E-state index is 12.2. The Kier molecular flexibility index (Phi) is 3.44. The van der Waals surface area contributed by atoms with Crippen molar-refractivity contribution in [3.8, 4) is 0 Å². The second kappa shape index (κ2) is 5.14. The number of hydrogen-bond donors (Lipinski definition) is 2. The van der Waals surface area contributed by atoms with Crippen LogP contribution in [0.25, 0.3) is 4.96 Å². The van der Waals surface area contributed by atoms with Crippen molar-refractivity contribution in [1.29, 1.82) is 0 Å². The number of amides is 1. The highest BCUT2D eigenvalue weighted by molar-refractivity contribution is 7.15. The minimum Gasteiger partial charge on any atom is -0.481 e. The Hall–Kier alpha value is -1.89. The van der Waals surface area contributed by atoms with Crippen molar-refractivity contribution >= 4 is 28.2 Å². The fourth-order valence-corrected chi connectivity index (χ4v) is 3.73. The van der Waals surface area contributed by atoms with Gasteiger partial charge in [0.05, 0.1) is 24.1 Å². The van der Waals surface area contributed by atoms with Crippen molar-refractivity contribution in [2.45, 2.75) is 44.6 Å². The van der Waals surface area contributed by atoms with E-state index in [2.05, 4.69) is 10.3 Å². The summed E-state index contributed by atoms with van der Waals surface area (Å²) in [7, 11) is 0.